The molecule has 0 aliphatic carbocycles. The Morgan fingerprint density at radius 3 is 2.48 bits per heavy atom. The van der Waals surface area contributed by atoms with E-state index in [1.165, 1.54) is 6.21 Å². The molecule has 0 aromatic heterocycles. The second-order valence-electron chi connectivity index (χ2n) is 5.77. The zero-order chi connectivity index (χ0) is 19.8. The van der Waals surface area contributed by atoms with Crippen molar-refractivity contribution in [1.29, 1.82) is 0 Å². The third-order valence-corrected chi connectivity index (χ3v) is 4.06. The normalized spacial score (nSPS) is 10.7. The van der Waals surface area contributed by atoms with Gasteiger partial charge in [-0.1, -0.05) is 36.2 Å². The van der Waals surface area contributed by atoms with E-state index in [9.17, 15) is 9.59 Å². The molecule has 0 aliphatic heterocycles. The number of amides is 2. The molecular weight excluding hydrogens is 387 g/mol. The molecule has 0 saturated heterocycles. The van der Waals surface area contributed by atoms with Gasteiger partial charge in [-0.3, -0.25) is 9.59 Å². The largest absolute Gasteiger partial charge is 0.355 e. The number of aryl methyl sites for hydroxylation is 1. The molecule has 0 atom stereocenters. The van der Waals surface area contributed by atoms with Crippen LogP contribution in [0.2, 0.25) is 10.0 Å². The first-order valence-electron chi connectivity index (χ1n) is 8.34. The zero-order valence-electron chi connectivity index (χ0n) is 15.0. The molecule has 0 bridgehead atoms. The molecule has 0 saturated carbocycles. The van der Waals surface area contributed by atoms with Crippen LogP contribution >= 0.6 is 23.2 Å². The first-order valence-corrected chi connectivity index (χ1v) is 9.10. The maximum Gasteiger partial charge on any atom is 0.329 e. The Kier molecular flexibility index (Phi) is 7.64. The van der Waals surface area contributed by atoms with E-state index in [1.54, 1.807) is 18.2 Å². The number of nitrogens with zero attached hydrogens (tertiary/aromatic N) is 1. The topological polar surface area (TPSA) is 82.6 Å². The van der Waals surface area contributed by atoms with Gasteiger partial charge in [-0.05, 0) is 49.2 Å². The lowest BCUT2D eigenvalue weighted by Crippen LogP contribution is -2.38. The summed E-state index contributed by atoms with van der Waals surface area (Å²) < 4.78 is 0. The Morgan fingerprint density at radius 1 is 1.04 bits per heavy atom. The molecule has 2 amide bonds. The van der Waals surface area contributed by atoms with E-state index in [1.807, 2.05) is 32.0 Å². The van der Waals surface area contributed by atoms with Crippen LogP contribution in [-0.4, -0.2) is 24.6 Å². The molecule has 8 heteroatoms. The highest BCUT2D eigenvalue weighted by Crippen LogP contribution is 2.27. The summed E-state index contributed by atoms with van der Waals surface area (Å²) in [6.45, 7) is 4.28. The minimum Gasteiger partial charge on any atom is -0.355 e. The van der Waals surface area contributed by atoms with Crippen LogP contribution in [0.3, 0.4) is 0 Å². The molecule has 2 rings (SSSR count). The second-order valence-corrected chi connectivity index (χ2v) is 6.64. The van der Waals surface area contributed by atoms with Gasteiger partial charge in [0.15, 0.2) is 0 Å². The van der Waals surface area contributed by atoms with Crippen molar-refractivity contribution in [2.45, 2.75) is 20.3 Å². The van der Waals surface area contributed by atoms with E-state index in [0.29, 0.717) is 22.2 Å². The van der Waals surface area contributed by atoms with Gasteiger partial charge in [0, 0.05) is 33.5 Å². The summed E-state index contributed by atoms with van der Waals surface area (Å²) in [7, 11) is 0. The summed E-state index contributed by atoms with van der Waals surface area (Å²) in [4.78, 5) is 23.2. The number of halogens is 2. The molecular formula is C19H20Cl2N4O2. The van der Waals surface area contributed by atoms with Crippen molar-refractivity contribution in [3.63, 3.8) is 0 Å². The van der Waals surface area contributed by atoms with E-state index >= 15 is 0 Å². The lowest BCUT2D eigenvalue weighted by molar-refractivity contribution is -0.139. The van der Waals surface area contributed by atoms with Gasteiger partial charge in [-0.15, -0.1) is 0 Å². The lowest BCUT2D eigenvalue weighted by atomic mass is 10.1. The van der Waals surface area contributed by atoms with E-state index < -0.39 is 11.8 Å². The SMILES string of the molecule is CCCNC(=O)C(=O)N/N=C\c1cc(Cl)ccc1Nc1cc(Cl)ccc1C. The Labute approximate surface area is 167 Å². The van der Waals surface area contributed by atoms with E-state index in [2.05, 4.69) is 21.2 Å². The molecule has 2 aromatic carbocycles. The Hall–Kier alpha value is -2.57. The zero-order valence-corrected chi connectivity index (χ0v) is 16.5. The standard InChI is InChI=1S/C19H20Cl2N4O2/c1-3-8-22-18(26)19(27)25-23-11-13-9-14(20)6-7-16(13)24-17-10-15(21)5-4-12(17)2/h4-7,9-11,24H,3,8H2,1-2H3,(H,22,26)(H,25,27)/b23-11-. The number of rotatable bonds is 6. The molecule has 142 valence electrons. The van der Waals surface area contributed by atoms with Crippen molar-refractivity contribution in [2.24, 2.45) is 5.10 Å². The van der Waals surface area contributed by atoms with E-state index in [-0.39, 0.29) is 0 Å². The van der Waals surface area contributed by atoms with Crippen molar-refractivity contribution >= 4 is 52.6 Å². The number of hydrogen-bond acceptors (Lipinski definition) is 4. The van der Waals surface area contributed by atoms with Crippen molar-refractivity contribution < 1.29 is 9.59 Å². The number of hydrogen-bond donors (Lipinski definition) is 3. The number of carbonyl (C=O) groups is 2. The Balaban J connectivity index is 2.14. The van der Waals surface area contributed by atoms with Crippen molar-refractivity contribution in [3.8, 4) is 0 Å². The summed E-state index contributed by atoms with van der Waals surface area (Å²) in [6.07, 6.45) is 2.15. The van der Waals surface area contributed by atoms with Gasteiger partial charge in [0.1, 0.15) is 0 Å². The molecule has 27 heavy (non-hydrogen) atoms. The average molecular weight is 407 g/mol. The fraction of sp³-hybridized carbons (Fsp3) is 0.211. The number of benzene rings is 2. The molecule has 3 N–H and O–H groups in total. The highest BCUT2D eigenvalue weighted by atomic mass is 35.5. The van der Waals surface area contributed by atoms with Gasteiger partial charge < -0.3 is 10.6 Å². The summed E-state index contributed by atoms with van der Waals surface area (Å²) in [5, 5.41) is 10.7. The van der Waals surface area contributed by atoms with E-state index in [0.717, 1.165) is 23.4 Å². The predicted octanol–water partition coefficient (Wildman–Crippen LogP) is 4.02. The maximum absolute atomic E-state index is 11.7. The number of hydrazone groups is 1. The third kappa shape index (κ3) is 6.27. The van der Waals surface area contributed by atoms with Gasteiger partial charge in [0.05, 0.1) is 6.21 Å². The van der Waals surface area contributed by atoms with E-state index in [4.69, 9.17) is 23.2 Å². The Bertz CT molecular complexity index is 869. The number of anilines is 2. The van der Waals surface area contributed by atoms with Crippen LogP contribution < -0.4 is 16.1 Å². The van der Waals surface area contributed by atoms with Crippen LogP contribution in [-0.2, 0) is 9.59 Å². The highest BCUT2D eigenvalue weighted by molar-refractivity contribution is 6.35. The van der Waals surface area contributed by atoms with Crippen molar-refractivity contribution in [3.05, 3.63) is 57.6 Å². The molecule has 2 aromatic rings. The summed E-state index contributed by atoms with van der Waals surface area (Å²) >= 11 is 12.1. The van der Waals surface area contributed by atoms with Gasteiger partial charge in [-0.25, -0.2) is 5.43 Å². The van der Waals surface area contributed by atoms with Gasteiger partial charge in [0.2, 0.25) is 0 Å². The summed E-state index contributed by atoms with van der Waals surface area (Å²) in [6, 6.07) is 10.7. The first-order chi connectivity index (χ1) is 12.9. The van der Waals surface area contributed by atoms with Gasteiger partial charge >= 0.3 is 11.8 Å². The van der Waals surface area contributed by atoms with Gasteiger partial charge in [-0.2, -0.15) is 5.10 Å². The minimum absolute atomic E-state index is 0.428. The molecule has 0 radical (unpaired) electrons. The van der Waals surface area contributed by atoms with Crippen molar-refractivity contribution in [2.75, 3.05) is 11.9 Å². The van der Waals surface area contributed by atoms with Crippen LogP contribution in [0.5, 0.6) is 0 Å². The maximum atomic E-state index is 11.7. The fourth-order valence-corrected chi connectivity index (χ4v) is 2.51. The average Bonchev–Trinajstić information content (AvgIpc) is 2.64. The van der Waals surface area contributed by atoms with Crippen LogP contribution in [0, 0.1) is 6.92 Å². The van der Waals surface area contributed by atoms with Crippen LogP contribution in [0.4, 0.5) is 11.4 Å². The molecule has 0 spiro atoms. The summed E-state index contributed by atoms with van der Waals surface area (Å²) in [5.74, 6) is -1.56. The molecule has 0 heterocycles. The molecule has 0 fully saturated rings. The van der Waals surface area contributed by atoms with Crippen LogP contribution in [0.1, 0.15) is 24.5 Å². The molecule has 0 aliphatic rings. The highest BCUT2D eigenvalue weighted by Gasteiger charge is 2.11. The number of nitrogens with one attached hydrogen (secondary N) is 3. The number of carbonyl (C=O) groups excluding carboxylic acids is 2. The second kappa shape index (κ2) is 9.94. The van der Waals surface area contributed by atoms with Crippen LogP contribution in [0.15, 0.2) is 41.5 Å². The lowest BCUT2D eigenvalue weighted by Gasteiger charge is -2.12. The van der Waals surface area contributed by atoms with Crippen molar-refractivity contribution in [1.82, 2.24) is 10.7 Å². The van der Waals surface area contributed by atoms with Crippen LogP contribution in [0.25, 0.3) is 0 Å². The molecule has 6 nitrogen and oxygen atoms in total. The minimum atomic E-state index is -0.832. The smallest absolute Gasteiger partial charge is 0.329 e. The summed E-state index contributed by atoms with van der Waals surface area (Å²) in [5.41, 5.74) is 5.40. The Morgan fingerprint density at radius 2 is 1.74 bits per heavy atom. The van der Waals surface area contributed by atoms with Gasteiger partial charge in [0.25, 0.3) is 0 Å². The quantitative estimate of drug-likeness (QED) is 0.384. The predicted molar refractivity (Wildman–Crippen MR) is 110 cm³/mol. The fourth-order valence-electron chi connectivity index (χ4n) is 2.16. The molecule has 0 unspecified atom stereocenters. The monoisotopic (exact) mass is 406 g/mol. The third-order valence-electron chi connectivity index (χ3n) is 3.59. The first kappa shape index (κ1) is 20.7.